The summed E-state index contributed by atoms with van der Waals surface area (Å²) in [4.78, 5) is 12.1. The van der Waals surface area contributed by atoms with Gasteiger partial charge >= 0.3 is 0 Å². The average Bonchev–Trinajstić information content (AvgIpc) is 2.93. The Morgan fingerprint density at radius 3 is 2.75 bits per heavy atom. The van der Waals surface area contributed by atoms with E-state index in [9.17, 15) is 4.79 Å². The fourth-order valence-corrected chi connectivity index (χ4v) is 3.14. The SMILES string of the molecule is CSc1nnc(CCCNC(=O)c2ccccc2Cl)n1CC(C)C. The lowest BCUT2D eigenvalue weighted by molar-refractivity contribution is 0.0953. The number of halogens is 1. The molecule has 0 radical (unpaired) electrons. The smallest absolute Gasteiger partial charge is 0.252 e. The summed E-state index contributed by atoms with van der Waals surface area (Å²) >= 11 is 7.64. The van der Waals surface area contributed by atoms with Crippen LogP contribution in [-0.4, -0.2) is 33.5 Å². The molecule has 7 heteroatoms. The third-order valence-electron chi connectivity index (χ3n) is 3.50. The molecule has 1 N–H and O–H groups in total. The van der Waals surface area contributed by atoms with Gasteiger partial charge in [-0.2, -0.15) is 0 Å². The van der Waals surface area contributed by atoms with Crippen LogP contribution in [0, 0.1) is 5.92 Å². The monoisotopic (exact) mass is 366 g/mol. The largest absolute Gasteiger partial charge is 0.352 e. The molecule has 2 aromatic rings. The summed E-state index contributed by atoms with van der Waals surface area (Å²) in [5.74, 6) is 1.36. The van der Waals surface area contributed by atoms with Crippen molar-refractivity contribution in [2.75, 3.05) is 12.8 Å². The van der Waals surface area contributed by atoms with Crippen LogP contribution in [0.1, 0.15) is 36.5 Å². The van der Waals surface area contributed by atoms with Crippen molar-refractivity contribution in [1.29, 1.82) is 0 Å². The van der Waals surface area contributed by atoms with Crippen LogP contribution < -0.4 is 5.32 Å². The van der Waals surface area contributed by atoms with Crippen LogP contribution in [0.15, 0.2) is 29.4 Å². The van der Waals surface area contributed by atoms with E-state index in [1.807, 2.05) is 12.3 Å². The predicted octanol–water partition coefficient (Wildman–Crippen LogP) is 3.67. The first-order chi connectivity index (χ1) is 11.5. The van der Waals surface area contributed by atoms with Gasteiger partial charge in [0.2, 0.25) is 0 Å². The molecule has 1 aromatic carbocycles. The van der Waals surface area contributed by atoms with E-state index in [-0.39, 0.29) is 5.91 Å². The molecular weight excluding hydrogens is 344 g/mol. The number of carbonyl (C=O) groups excluding carboxylic acids is 1. The van der Waals surface area contributed by atoms with E-state index in [4.69, 9.17) is 11.6 Å². The molecule has 0 aliphatic heterocycles. The van der Waals surface area contributed by atoms with Crippen LogP contribution >= 0.6 is 23.4 Å². The third-order valence-corrected chi connectivity index (χ3v) is 4.50. The second-order valence-corrected chi connectivity index (χ2v) is 7.13. The average molecular weight is 367 g/mol. The van der Waals surface area contributed by atoms with Crippen LogP contribution in [-0.2, 0) is 13.0 Å². The van der Waals surface area contributed by atoms with Crippen molar-refractivity contribution in [3.05, 3.63) is 40.7 Å². The number of benzene rings is 1. The van der Waals surface area contributed by atoms with E-state index in [0.717, 1.165) is 30.4 Å². The molecule has 0 fully saturated rings. The van der Waals surface area contributed by atoms with Gasteiger partial charge in [0.1, 0.15) is 5.82 Å². The Morgan fingerprint density at radius 2 is 2.08 bits per heavy atom. The summed E-state index contributed by atoms with van der Waals surface area (Å²) in [6, 6.07) is 7.06. The van der Waals surface area contributed by atoms with E-state index in [2.05, 4.69) is 33.9 Å². The number of hydrogen-bond acceptors (Lipinski definition) is 4. The Balaban J connectivity index is 1.87. The lowest BCUT2D eigenvalue weighted by atomic mass is 10.2. The van der Waals surface area contributed by atoms with Gasteiger partial charge in [-0.25, -0.2) is 0 Å². The molecule has 1 aromatic heterocycles. The van der Waals surface area contributed by atoms with Crippen molar-refractivity contribution in [2.45, 2.75) is 38.4 Å². The zero-order valence-corrected chi connectivity index (χ0v) is 15.8. The summed E-state index contributed by atoms with van der Waals surface area (Å²) in [5, 5.41) is 12.8. The molecule has 0 unspecified atom stereocenters. The number of aryl methyl sites for hydroxylation is 1. The normalized spacial score (nSPS) is 11.0. The molecular formula is C17H23ClN4OS. The number of thioether (sulfide) groups is 1. The van der Waals surface area contributed by atoms with Crippen LogP contribution in [0.25, 0.3) is 0 Å². The van der Waals surface area contributed by atoms with Gasteiger partial charge in [0.15, 0.2) is 5.16 Å². The van der Waals surface area contributed by atoms with Crippen LogP contribution in [0.5, 0.6) is 0 Å². The number of nitrogens with one attached hydrogen (secondary N) is 1. The highest BCUT2D eigenvalue weighted by Gasteiger charge is 2.13. The Labute approximate surface area is 152 Å². The first-order valence-electron chi connectivity index (χ1n) is 8.01. The maximum Gasteiger partial charge on any atom is 0.252 e. The van der Waals surface area contributed by atoms with E-state index in [0.29, 0.717) is 23.0 Å². The third kappa shape index (κ3) is 4.98. The number of amides is 1. The maximum atomic E-state index is 12.1. The van der Waals surface area contributed by atoms with Crippen molar-refractivity contribution >= 4 is 29.3 Å². The molecule has 24 heavy (non-hydrogen) atoms. The summed E-state index contributed by atoms with van der Waals surface area (Å²) < 4.78 is 2.17. The first-order valence-corrected chi connectivity index (χ1v) is 9.62. The highest BCUT2D eigenvalue weighted by molar-refractivity contribution is 7.98. The molecule has 130 valence electrons. The summed E-state index contributed by atoms with van der Waals surface area (Å²) in [7, 11) is 0. The van der Waals surface area contributed by atoms with E-state index < -0.39 is 0 Å². The number of carbonyl (C=O) groups is 1. The summed E-state index contributed by atoms with van der Waals surface area (Å²) in [6.45, 7) is 5.84. The van der Waals surface area contributed by atoms with Crippen molar-refractivity contribution < 1.29 is 4.79 Å². The molecule has 1 heterocycles. The van der Waals surface area contributed by atoms with Crippen molar-refractivity contribution in [3.63, 3.8) is 0 Å². The minimum absolute atomic E-state index is 0.144. The molecule has 0 bridgehead atoms. The van der Waals surface area contributed by atoms with Crippen molar-refractivity contribution in [3.8, 4) is 0 Å². The van der Waals surface area contributed by atoms with Crippen LogP contribution in [0.2, 0.25) is 5.02 Å². The molecule has 5 nitrogen and oxygen atoms in total. The van der Waals surface area contributed by atoms with Crippen molar-refractivity contribution in [1.82, 2.24) is 20.1 Å². The zero-order valence-electron chi connectivity index (χ0n) is 14.3. The molecule has 0 saturated carbocycles. The summed E-state index contributed by atoms with van der Waals surface area (Å²) in [5.41, 5.74) is 0.506. The van der Waals surface area contributed by atoms with Crippen LogP contribution in [0.3, 0.4) is 0 Å². The van der Waals surface area contributed by atoms with Gasteiger partial charge < -0.3 is 9.88 Å². The molecule has 0 aliphatic rings. The van der Waals surface area contributed by atoms with Gasteiger partial charge in [0.05, 0.1) is 10.6 Å². The van der Waals surface area contributed by atoms with Crippen LogP contribution in [0.4, 0.5) is 0 Å². The number of aromatic nitrogens is 3. The Morgan fingerprint density at radius 1 is 1.33 bits per heavy atom. The lowest BCUT2D eigenvalue weighted by Crippen LogP contribution is -2.25. The fraction of sp³-hybridized carbons (Fsp3) is 0.471. The first kappa shape index (κ1) is 18.8. The predicted molar refractivity (Wildman–Crippen MR) is 98.7 cm³/mol. The van der Waals surface area contributed by atoms with Gasteiger partial charge in [-0.1, -0.05) is 49.3 Å². The number of hydrogen-bond donors (Lipinski definition) is 1. The second-order valence-electron chi connectivity index (χ2n) is 5.95. The fourth-order valence-electron chi connectivity index (χ4n) is 2.39. The quantitative estimate of drug-likeness (QED) is 0.572. The molecule has 0 atom stereocenters. The summed E-state index contributed by atoms with van der Waals surface area (Å²) in [6.07, 6.45) is 3.60. The molecule has 0 aliphatic carbocycles. The van der Waals surface area contributed by atoms with Gasteiger partial charge in [-0.15, -0.1) is 10.2 Å². The zero-order chi connectivity index (χ0) is 17.5. The van der Waals surface area contributed by atoms with E-state index >= 15 is 0 Å². The Bertz CT molecular complexity index is 687. The van der Waals surface area contributed by atoms with Gasteiger partial charge in [-0.3, -0.25) is 4.79 Å². The molecule has 2 rings (SSSR count). The topological polar surface area (TPSA) is 59.8 Å². The van der Waals surface area contributed by atoms with Gasteiger partial charge in [-0.05, 0) is 30.7 Å². The Kier molecular flexibility index (Phi) is 7.12. The van der Waals surface area contributed by atoms with Gasteiger partial charge in [0.25, 0.3) is 5.91 Å². The molecule has 1 amide bonds. The minimum Gasteiger partial charge on any atom is -0.352 e. The Hall–Kier alpha value is -1.53. The van der Waals surface area contributed by atoms with Gasteiger partial charge in [0, 0.05) is 19.5 Å². The standard InChI is InChI=1S/C17H23ClN4OS/c1-12(2)11-22-15(20-21-17(22)24-3)9-6-10-19-16(23)13-7-4-5-8-14(13)18/h4-5,7-8,12H,6,9-11H2,1-3H3,(H,19,23). The number of nitrogens with zero attached hydrogens (tertiary/aromatic N) is 3. The second kappa shape index (κ2) is 9.08. The minimum atomic E-state index is -0.144. The van der Waals surface area contributed by atoms with E-state index in [1.165, 1.54) is 0 Å². The maximum absolute atomic E-state index is 12.1. The molecule has 0 spiro atoms. The lowest BCUT2D eigenvalue weighted by Gasteiger charge is -2.12. The highest BCUT2D eigenvalue weighted by atomic mass is 35.5. The molecule has 0 saturated heterocycles. The number of rotatable bonds is 8. The van der Waals surface area contributed by atoms with Crippen molar-refractivity contribution in [2.24, 2.45) is 5.92 Å². The van der Waals surface area contributed by atoms with E-state index in [1.54, 1.807) is 30.0 Å². The highest BCUT2D eigenvalue weighted by Crippen LogP contribution is 2.17.